The molecule has 176 valence electrons. The maximum Gasteiger partial charge on any atom is 0.253 e. The van der Waals surface area contributed by atoms with Crippen LogP contribution in [0.5, 0.6) is 0 Å². The maximum absolute atomic E-state index is 12.9. The summed E-state index contributed by atoms with van der Waals surface area (Å²) >= 11 is 0. The van der Waals surface area contributed by atoms with Gasteiger partial charge < -0.3 is 15.0 Å². The van der Waals surface area contributed by atoms with Gasteiger partial charge in [-0.15, -0.1) is 0 Å². The van der Waals surface area contributed by atoms with Gasteiger partial charge in [-0.1, -0.05) is 48.5 Å². The molecule has 2 heterocycles. The van der Waals surface area contributed by atoms with Gasteiger partial charge in [-0.05, 0) is 24.6 Å². The summed E-state index contributed by atoms with van der Waals surface area (Å²) in [5, 5.41) is 3.24. The van der Waals surface area contributed by atoms with E-state index in [1.54, 1.807) is 0 Å². The molecule has 4 rings (SSSR count). The van der Waals surface area contributed by atoms with Crippen LogP contribution in [-0.4, -0.2) is 91.6 Å². The molecule has 2 aromatic rings. The number of carbonyl (C=O) groups excluding carboxylic acids is 2. The second-order valence-electron chi connectivity index (χ2n) is 8.79. The number of nitrogens with one attached hydrogen (secondary N) is 1. The average Bonchev–Trinajstić information content (AvgIpc) is 2.86. The Labute approximate surface area is 196 Å². The van der Waals surface area contributed by atoms with E-state index in [1.165, 1.54) is 5.56 Å². The van der Waals surface area contributed by atoms with Crippen LogP contribution in [0.15, 0.2) is 60.7 Å². The highest BCUT2D eigenvalue weighted by molar-refractivity contribution is 5.94. The van der Waals surface area contributed by atoms with Gasteiger partial charge in [0.2, 0.25) is 5.91 Å². The number of hydrogen-bond donors (Lipinski definition) is 1. The number of rotatable bonds is 7. The molecule has 2 amide bonds. The molecule has 0 aliphatic carbocycles. The Bertz CT molecular complexity index is 894. The molecule has 2 aliphatic rings. The van der Waals surface area contributed by atoms with Crippen LogP contribution in [0.2, 0.25) is 0 Å². The normalized spacial score (nSPS) is 19.6. The van der Waals surface area contributed by atoms with Crippen molar-refractivity contribution in [1.82, 2.24) is 20.0 Å². The quantitative estimate of drug-likeness (QED) is 0.699. The van der Waals surface area contributed by atoms with Crippen molar-refractivity contribution in [2.75, 3.05) is 59.0 Å². The summed E-state index contributed by atoms with van der Waals surface area (Å²) in [5.74, 6) is 0.0871. The monoisotopic (exact) mass is 450 g/mol. The standard InChI is InChI=1S/C26H34N4O3/c1-21(25(22-8-4-2-5-9-22)29-16-18-33-19-17-29)27-24(31)20-28-12-14-30(15-13-28)26(32)23-10-6-3-7-11-23/h2-11,21,25H,12-20H2,1H3,(H,27,31)/t21-,25-/m1/s1. The third kappa shape index (κ3) is 6.19. The maximum atomic E-state index is 12.9. The molecule has 0 bridgehead atoms. The van der Waals surface area contributed by atoms with E-state index in [-0.39, 0.29) is 23.9 Å². The predicted octanol–water partition coefficient (Wildman–Crippen LogP) is 2.02. The first-order valence-electron chi connectivity index (χ1n) is 11.8. The molecule has 2 saturated heterocycles. The number of carbonyl (C=O) groups is 2. The predicted molar refractivity (Wildman–Crippen MR) is 128 cm³/mol. The zero-order valence-corrected chi connectivity index (χ0v) is 19.4. The smallest absolute Gasteiger partial charge is 0.253 e. The number of amides is 2. The Kier molecular flexibility index (Phi) is 8.10. The third-order valence-electron chi connectivity index (χ3n) is 6.49. The minimum absolute atomic E-state index is 0.0273. The van der Waals surface area contributed by atoms with Crippen LogP contribution in [0.1, 0.15) is 28.9 Å². The molecule has 33 heavy (non-hydrogen) atoms. The number of morpholine rings is 1. The first-order chi connectivity index (χ1) is 16.1. The Morgan fingerprint density at radius 1 is 0.879 bits per heavy atom. The van der Waals surface area contributed by atoms with Crippen molar-refractivity contribution in [2.24, 2.45) is 0 Å². The van der Waals surface area contributed by atoms with Crippen LogP contribution in [0.3, 0.4) is 0 Å². The number of nitrogens with zero attached hydrogens (tertiary/aromatic N) is 3. The fourth-order valence-corrected chi connectivity index (χ4v) is 4.78. The summed E-state index contributed by atoms with van der Waals surface area (Å²) < 4.78 is 5.54. The lowest BCUT2D eigenvalue weighted by Gasteiger charge is -2.39. The van der Waals surface area contributed by atoms with Gasteiger partial charge in [-0.2, -0.15) is 0 Å². The lowest BCUT2D eigenvalue weighted by Crippen LogP contribution is -2.53. The molecule has 0 unspecified atom stereocenters. The topological polar surface area (TPSA) is 65.1 Å². The van der Waals surface area contributed by atoms with Crippen LogP contribution in [0.4, 0.5) is 0 Å². The van der Waals surface area contributed by atoms with Crippen molar-refractivity contribution < 1.29 is 14.3 Å². The molecule has 2 fully saturated rings. The van der Waals surface area contributed by atoms with Gasteiger partial charge in [0.05, 0.1) is 25.8 Å². The highest BCUT2D eigenvalue weighted by Crippen LogP contribution is 2.25. The molecule has 0 aromatic heterocycles. The Balaban J connectivity index is 1.30. The minimum atomic E-state index is -0.0288. The largest absolute Gasteiger partial charge is 0.379 e. The highest BCUT2D eigenvalue weighted by Gasteiger charge is 2.29. The molecular formula is C26H34N4O3. The van der Waals surface area contributed by atoms with Gasteiger partial charge in [0.15, 0.2) is 0 Å². The Morgan fingerprint density at radius 2 is 1.48 bits per heavy atom. The lowest BCUT2D eigenvalue weighted by molar-refractivity contribution is -0.123. The second kappa shape index (κ2) is 11.4. The van der Waals surface area contributed by atoms with Crippen LogP contribution >= 0.6 is 0 Å². The molecule has 0 saturated carbocycles. The van der Waals surface area contributed by atoms with Gasteiger partial charge in [0.1, 0.15) is 0 Å². The number of ether oxygens (including phenoxy) is 1. The van der Waals surface area contributed by atoms with Crippen LogP contribution in [-0.2, 0) is 9.53 Å². The van der Waals surface area contributed by atoms with E-state index in [2.05, 4.69) is 34.2 Å². The molecule has 7 heteroatoms. The van der Waals surface area contributed by atoms with Crippen molar-refractivity contribution in [3.8, 4) is 0 Å². The molecule has 0 spiro atoms. The van der Waals surface area contributed by atoms with E-state index in [9.17, 15) is 9.59 Å². The molecule has 0 radical (unpaired) electrons. The van der Waals surface area contributed by atoms with Gasteiger partial charge in [0, 0.05) is 50.9 Å². The Hall–Kier alpha value is -2.74. The summed E-state index contributed by atoms with van der Waals surface area (Å²) in [4.78, 5) is 31.9. The summed E-state index contributed by atoms with van der Waals surface area (Å²) in [7, 11) is 0. The first-order valence-corrected chi connectivity index (χ1v) is 11.8. The highest BCUT2D eigenvalue weighted by atomic mass is 16.5. The zero-order chi connectivity index (χ0) is 23.0. The van der Waals surface area contributed by atoms with Crippen molar-refractivity contribution in [2.45, 2.75) is 19.0 Å². The van der Waals surface area contributed by atoms with Crippen molar-refractivity contribution in [3.05, 3.63) is 71.8 Å². The lowest BCUT2D eigenvalue weighted by atomic mass is 9.98. The van der Waals surface area contributed by atoms with Gasteiger partial charge in [0.25, 0.3) is 5.91 Å². The fourth-order valence-electron chi connectivity index (χ4n) is 4.78. The van der Waals surface area contributed by atoms with Gasteiger partial charge >= 0.3 is 0 Å². The fraction of sp³-hybridized carbons (Fsp3) is 0.462. The molecule has 2 aromatic carbocycles. The SMILES string of the molecule is C[C@@H](NC(=O)CN1CCN(C(=O)c2ccccc2)CC1)[C@H](c1ccccc1)N1CCOCC1. The summed E-state index contributed by atoms with van der Waals surface area (Å²) in [6, 6.07) is 19.8. The molecule has 2 atom stereocenters. The first kappa shape index (κ1) is 23.4. The second-order valence-corrected chi connectivity index (χ2v) is 8.79. The van der Waals surface area contributed by atoms with E-state index in [4.69, 9.17) is 4.74 Å². The van der Waals surface area contributed by atoms with Gasteiger partial charge in [-0.3, -0.25) is 19.4 Å². The molecule has 7 nitrogen and oxygen atoms in total. The van der Waals surface area contributed by atoms with E-state index < -0.39 is 0 Å². The summed E-state index contributed by atoms with van der Waals surface area (Å²) in [6.45, 7) is 8.26. The van der Waals surface area contributed by atoms with Gasteiger partial charge in [-0.25, -0.2) is 0 Å². The van der Waals surface area contributed by atoms with Crippen molar-refractivity contribution >= 4 is 11.8 Å². The van der Waals surface area contributed by atoms with Crippen LogP contribution < -0.4 is 5.32 Å². The van der Waals surface area contributed by atoms with E-state index in [0.29, 0.717) is 38.3 Å². The van der Waals surface area contributed by atoms with Crippen molar-refractivity contribution in [3.63, 3.8) is 0 Å². The number of hydrogen-bond acceptors (Lipinski definition) is 5. The summed E-state index contributed by atoms with van der Waals surface area (Å²) in [5.41, 5.74) is 1.92. The molecule has 1 N–H and O–H groups in total. The summed E-state index contributed by atoms with van der Waals surface area (Å²) in [6.07, 6.45) is 0. The molecule has 2 aliphatic heterocycles. The van der Waals surface area contributed by atoms with E-state index in [1.807, 2.05) is 53.4 Å². The number of benzene rings is 2. The minimum Gasteiger partial charge on any atom is -0.379 e. The average molecular weight is 451 g/mol. The van der Waals surface area contributed by atoms with E-state index in [0.717, 1.165) is 26.3 Å². The van der Waals surface area contributed by atoms with Crippen molar-refractivity contribution in [1.29, 1.82) is 0 Å². The Morgan fingerprint density at radius 3 is 2.12 bits per heavy atom. The third-order valence-corrected chi connectivity index (χ3v) is 6.49. The van der Waals surface area contributed by atoms with Crippen LogP contribution in [0.25, 0.3) is 0 Å². The zero-order valence-electron chi connectivity index (χ0n) is 19.4. The number of piperazine rings is 1. The van der Waals surface area contributed by atoms with Crippen LogP contribution in [0, 0.1) is 0 Å². The van der Waals surface area contributed by atoms with E-state index >= 15 is 0 Å². The molecular weight excluding hydrogens is 416 g/mol.